The third-order valence-electron chi connectivity index (χ3n) is 4.27. The summed E-state index contributed by atoms with van der Waals surface area (Å²) in [5.41, 5.74) is 1.43. The second-order valence-corrected chi connectivity index (χ2v) is 6.39. The van der Waals surface area contributed by atoms with E-state index in [1.807, 2.05) is 0 Å². The van der Waals surface area contributed by atoms with Crippen molar-refractivity contribution >= 4 is 0 Å². The van der Waals surface area contributed by atoms with Gasteiger partial charge in [0, 0.05) is 37.8 Å². The van der Waals surface area contributed by atoms with Crippen LogP contribution in [0.1, 0.15) is 31.9 Å². The molecule has 1 aliphatic rings. The average Bonchev–Trinajstić information content (AvgIpc) is 2.90. The molecule has 0 amide bonds. The van der Waals surface area contributed by atoms with Gasteiger partial charge in [0.2, 0.25) is 0 Å². The predicted octanol–water partition coefficient (Wildman–Crippen LogP) is 2.36. The van der Waals surface area contributed by atoms with Crippen molar-refractivity contribution in [1.82, 2.24) is 15.1 Å². The Morgan fingerprint density at radius 2 is 1.95 bits per heavy atom. The SMILES string of the molecule is CC(C)NCC(c1ccccc1)N1CCC(N(C)C)C1. The summed E-state index contributed by atoms with van der Waals surface area (Å²) >= 11 is 0. The van der Waals surface area contributed by atoms with E-state index in [2.05, 4.69) is 73.4 Å². The van der Waals surface area contributed by atoms with Crippen molar-refractivity contribution in [3.63, 3.8) is 0 Å². The predicted molar refractivity (Wildman–Crippen MR) is 86.0 cm³/mol. The van der Waals surface area contributed by atoms with Crippen molar-refractivity contribution in [2.24, 2.45) is 0 Å². The van der Waals surface area contributed by atoms with E-state index >= 15 is 0 Å². The molecule has 0 aromatic heterocycles. The van der Waals surface area contributed by atoms with Gasteiger partial charge >= 0.3 is 0 Å². The summed E-state index contributed by atoms with van der Waals surface area (Å²) in [4.78, 5) is 4.99. The molecule has 1 aromatic rings. The molecule has 0 bridgehead atoms. The smallest absolute Gasteiger partial charge is 0.0473 e. The first-order valence-corrected chi connectivity index (χ1v) is 7.76. The van der Waals surface area contributed by atoms with E-state index in [1.165, 1.54) is 25.1 Å². The number of benzene rings is 1. The Hall–Kier alpha value is -0.900. The van der Waals surface area contributed by atoms with Crippen LogP contribution in [0.3, 0.4) is 0 Å². The molecule has 20 heavy (non-hydrogen) atoms. The first-order chi connectivity index (χ1) is 9.58. The molecule has 3 nitrogen and oxygen atoms in total. The quantitative estimate of drug-likeness (QED) is 0.860. The highest BCUT2D eigenvalue weighted by atomic mass is 15.3. The topological polar surface area (TPSA) is 18.5 Å². The number of hydrogen-bond donors (Lipinski definition) is 1. The fourth-order valence-corrected chi connectivity index (χ4v) is 2.95. The number of likely N-dealkylation sites (tertiary alicyclic amines) is 1. The van der Waals surface area contributed by atoms with Gasteiger partial charge in [0.1, 0.15) is 0 Å². The summed E-state index contributed by atoms with van der Waals surface area (Å²) in [6.45, 7) is 7.83. The lowest BCUT2D eigenvalue weighted by Gasteiger charge is -2.30. The molecule has 0 radical (unpaired) electrons. The molecule has 0 saturated carbocycles. The summed E-state index contributed by atoms with van der Waals surface area (Å²) in [5.74, 6) is 0. The molecule has 1 aromatic carbocycles. The van der Waals surface area contributed by atoms with Gasteiger partial charge < -0.3 is 10.2 Å². The van der Waals surface area contributed by atoms with E-state index in [-0.39, 0.29) is 0 Å². The van der Waals surface area contributed by atoms with Gasteiger partial charge in [0.15, 0.2) is 0 Å². The lowest BCUT2D eigenvalue weighted by Crippen LogP contribution is -2.39. The lowest BCUT2D eigenvalue weighted by molar-refractivity contribution is 0.209. The van der Waals surface area contributed by atoms with E-state index in [9.17, 15) is 0 Å². The van der Waals surface area contributed by atoms with Crippen LogP contribution in [-0.2, 0) is 0 Å². The second kappa shape index (κ2) is 7.21. The molecule has 1 aliphatic heterocycles. The Morgan fingerprint density at radius 1 is 1.25 bits per heavy atom. The Bertz CT molecular complexity index is 388. The van der Waals surface area contributed by atoms with Crippen LogP contribution in [0.4, 0.5) is 0 Å². The molecule has 0 spiro atoms. The molecule has 1 fully saturated rings. The Labute approximate surface area is 124 Å². The number of rotatable bonds is 6. The van der Waals surface area contributed by atoms with E-state index in [0.29, 0.717) is 18.1 Å². The zero-order valence-corrected chi connectivity index (χ0v) is 13.3. The van der Waals surface area contributed by atoms with Gasteiger partial charge in [-0.3, -0.25) is 4.90 Å². The zero-order valence-electron chi connectivity index (χ0n) is 13.3. The van der Waals surface area contributed by atoms with Crippen molar-refractivity contribution in [2.45, 2.75) is 38.4 Å². The van der Waals surface area contributed by atoms with Crippen LogP contribution in [-0.4, -0.2) is 55.6 Å². The minimum atomic E-state index is 0.489. The van der Waals surface area contributed by atoms with Crippen molar-refractivity contribution in [3.8, 4) is 0 Å². The Morgan fingerprint density at radius 3 is 2.50 bits per heavy atom. The van der Waals surface area contributed by atoms with Crippen LogP contribution in [0.25, 0.3) is 0 Å². The molecular formula is C17H29N3. The van der Waals surface area contributed by atoms with Crippen LogP contribution in [0.5, 0.6) is 0 Å². The fraction of sp³-hybridized carbons (Fsp3) is 0.647. The third-order valence-corrected chi connectivity index (χ3v) is 4.27. The minimum Gasteiger partial charge on any atom is -0.313 e. The Kier molecular flexibility index (Phi) is 5.58. The van der Waals surface area contributed by atoms with Crippen molar-refractivity contribution in [3.05, 3.63) is 35.9 Å². The average molecular weight is 275 g/mol. The van der Waals surface area contributed by atoms with E-state index in [4.69, 9.17) is 0 Å². The van der Waals surface area contributed by atoms with E-state index in [0.717, 1.165) is 6.54 Å². The van der Waals surface area contributed by atoms with Crippen LogP contribution >= 0.6 is 0 Å². The van der Waals surface area contributed by atoms with Gasteiger partial charge in [-0.25, -0.2) is 0 Å². The molecule has 3 heteroatoms. The van der Waals surface area contributed by atoms with Crippen molar-refractivity contribution in [1.29, 1.82) is 0 Å². The second-order valence-electron chi connectivity index (χ2n) is 6.39. The highest BCUT2D eigenvalue weighted by molar-refractivity contribution is 5.20. The monoisotopic (exact) mass is 275 g/mol. The van der Waals surface area contributed by atoms with Crippen molar-refractivity contribution < 1.29 is 0 Å². The highest BCUT2D eigenvalue weighted by Gasteiger charge is 2.29. The third kappa shape index (κ3) is 4.05. The van der Waals surface area contributed by atoms with Gasteiger partial charge in [-0.2, -0.15) is 0 Å². The first kappa shape index (κ1) is 15.5. The molecule has 112 valence electrons. The number of hydrogen-bond acceptors (Lipinski definition) is 3. The normalized spacial score (nSPS) is 21.8. The van der Waals surface area contributed by atoms with Gasteiger partial charge in [0.25, 0.3) is 0 Å². The van der Waals surface area contributed by atoms with Gasteiger partial charge in [-0.1, -0.05) is 44.2 Å². The lowest BCUT2D eigenvalue weighted by atomic mass is 10.1. The van der Waals surface area contributed by atoms with Crippen LogP contribution < -0.4 is 5.32 Å². The standard InChI is InChI=1S/C17H29N3/c1-14(2)18-12-17(15-8-6-5-7-9-15)20-11-10-16(13-20)19(3)4/h5-9,14,16-18H,10-13H2,1-4H3. The maximum Gasteiger partial charge on any atom is 0.0473 e. The first-order valence-electron chi connectivity index (χ1n) is 7.76. The van der Waals surface area contributed by atoms with E-state index < -0.39 is 0 Å². The van der Waals surface area contributed by atoms with E-state index in [1.54, 1.807) is 0 Å². The number of likely N-dealkylation sites (N-methyl/N-ethyl adjacent to an activating group) is 1. The molecule has 2 rings (SSSR count). The number of nitrogens with one attached hydrogen (secondary N) is 1. The van der Waals surface area contributed by atoms with Crippen LogP contribution in [0, 0.1) is 0 Å². The van der Waals surface area contributed by atoms with Crippen LogP contribution in [0.2, 0.25) is 0 Å². The maximum atomic E-state index is 3.61. The fourth-order valence-electron chi connectivity index (χ4n) is 2.95. The van der Waals surface area contributed by atoms with Gasteiger partial charge in [-0.15, -0.1) is 0 Å². The van der Waals surface area contributed by atoms with Crippen LogP contribution in [0.15, 0.2) is 30.3 Å². The molecule has 1 saturated heterocycles. The minimum absolute atomic E-state index is 0.489. The highest BCUT2D eigenvalue weighted by Crippen LogP contribution is 2.26. The largest absolute Gasteiger partial charge is 0.313 e. The summed E-state index contributed by atoms with van der Waals surface area (Å²) in [5, 5.41) is 3.61. The summed E-state index contributed by atoms with van der Waals surface area (Å²) in [7, 11) is 4.39. The molecular weight excluding hydrogens is 246 g/mol. The van der Waals surface area contributed by atoms with Gasteiger partial charge in [-0.05, 0) is 26.1 Å². The summed E-state index contributed by atoms with van der Waals surface area (Å²) in [6, 6.07) is 12.6. The molecule has 0 aliphatic carbocycles. The summed E-state index contributed by atoms with van der Waals surface area (Å²) < 4.78 is 0. The van der Waals surface area contributed by atoms with Crippen molar-refractivity contribution in [2.75, 3.05) is 33.7 Å². The summed E-state index contributed by atoms with van der Waals surface area (Å²) in [6.07, 6.45) is 1.28. The molecule has 1 N–H and O–H groups in total. The molecule has 2 unspecified atom stereocenters. The number of nitrogens with zero attached hydrogens (tertiary/aromatic N) is 2. The van der Waals surface area contributed by atoms with Gasteiger partial charge in [0.05, 0.1) is 0 Å². The Balaban J connectivity index is 2.07. The molecule has 2 atom stereocenters. The maximum absolute atomic E-state index is 3.61. The molecule has 1 heterocycles. The zero-order chi connectivity index (χ0) is 14.5.